The minimum Gasteiger partial charge on any atom is -0.435 e. The van der Waals surface area contributed by atoms with Crippen LogP contribution in [0.15, 0.2) is 47.1 Å². The molecule has 1 N–H and O–H groups in total. The van der Waals surface area contributed by atoms with E-state index in [9.17, 15) is 9.59 Å². The molecule has 0 bridgehead atoms. The van der Waals surface area contributed by atoms with E-state index in [1.54, 1.807) is 6.20 Å². The number of pyridine rings is 1. The second kappa shape index (κ2) is 7.06. The second-order valence-electron chi connectivity index (χ2n) is 6.41. The van der Waals surface area contributed by atoms with Crippen molar-refractivity contribution < 1.29 is 18.8 Å². The number of rotatable bonds is 6. The molecule has 1 aliphatic rings. The van der Waals surface area contributed by atoms with Crippen molar-refractivity contribution in [1.82, 2.24) is 15.5 Å². The zero-order chi connectivity index (χ0) is 18.8. The molecule has 1 atom stereocenters. The summed E-state index contributed by atoms with van der Waals surface area (Å²) in [5, 5.41) is 7.23. The highest BCUT2D eigenvalue weighted by Gasteiger charge is 2.32. The van der Waals surface area contributed by atoms with E-state index in [4.69, 9.17) is 9.26 Å². The number of hydrogen-bond donors (Lipinski definition) is 1. The van der Waals surface area contributed by atoms with Crippen molar-refractivity contribution >= 4 is 28.8 Å². The van der Waals surface area contributed by atoms with Crippen molar-refractivity contribution in [1.29, 1.82) is 0 Å². The molecule has 8 nitrogen and oxygen atoms in total. The molecule has 1 aromatic carbocycles. The molecule has 1 saturated heterocycles. The number of ether oxygens (including phenoxy) is 1. The average Bonchev–Trinajstić information content (AvgIpc) is 3.22. The molecule has 8 heteroatoms. The fourth-order valence-electron chi connectivity index (χ4n) is 3.05. The number of carbonyl (C=O) groups is 2. The molecule has 27 heavy (non-hydrogen) atoms. The van der Waals surface area contributed by atoms with Crippen molar-refractivity contribution in [3.05, 3.63) is 53.9 Å². The van der Waals surface area contributed by atoms with Crippen LogP contribution in [0.25, 0.3) is 11.0 Å². The molecule has 0 aliphatic carbocycles. The van der Waals surface area contributed by atoms with Gasteiger partial charge in [-0.15, -0.1) is 0 Å². The van der Waals surface area contributed by atoms with Crippen molar-refractivity contribution in [2.75, 3.05) is 18.5 Å². The molecule has 1 unspecified atom stereocenters. The molecule has 1 aliphatic heterocycles. The maximum atomic E-state index is 11.6. The number of anilines is 1. The summed E-state index contributed by atoms with van der Waals surface area (Å²) in [4.78, 5) is 29.1. The van der Waals surface area contributed by atoms with Gasteiger partial charge in [-0.3, -0.25) is 10.1 Å². The molecule has 138 valence electrons. The number of cyclic esters (lactones) is 1. The number of nitrogens with zero attached hydrogens (tertiary/aromatic N) is 3. The summed E-state index contributed by atoms with van der Waals surface area (Å²) in [7, 11) is 1.98. The van der Waals surface area contributed by atoms with Crippen molar-refractivity contribution in [2.24, 2.45) is 0 Å². The zero-order valence-electron chi connectivity index (χ0n) is 14.7. The van der Waals surface area contributed by atoms with Gasteiger partial charge in [-0.1, -0.05) is 17.3 Å². The zero-order valence-corrected chi connectivity index (χ0v) is 14.7. The molecular weight excluding hydrogens is 348 g/mol. The molecule has 0 radical (unpaired) electrons. The lowest BCUT2D eigenvalue weighted by atomic mass is 10.0. The first-order chi connectivity index (χ1) is 13.1. The van der Waals surface area contributed by atoms with Crippen LogP contribution in [-0.4, -0.2) is 41.8 Å². The van der Waals surface area contributed by atoms with Crippen LogP contribution in [-0.2, 0) is 22.4 Å². The quantitative estimate of drug-likeness (QED) is 0.713. The van der Waals surface area contributed by atoms with Gasteiger partial charge in [-0.05, 0) is 29.8 Å². The molecular formula is C19H18N4O4. The highest BCUT2D eigenvalue weighted by molar-refractivity contribution is 6.00. The fraction of sp³-hybridized carbons (Fsp3) is 0.263. The number of amides is 2. The number of likely N-dealkylation sites (N-methyl/N-ethyl adjacent to an activating group) is 1. The van der Waals surface area contributed by atoms with E-state index < -0.39 is 18.1 Å². The predicted molar refractivity (Wildman–Crippen MR) is 97.3 cm³/mol. The van der Waals surface area contributed by atoms with E-state index in [1.807, 2.05) is 43.4 Å². The van der Waals surface area contributed by atoms with Gasteiger partial charge in [0.25, 0.3) is 5.91 Å². The Morgan fingerprint density at radius 2 is 2.11 bits per heavy atom. The smallest absolute Gasteiger partial charge is 0.414 e. The molecule has 2 aromatic heterocycles. The second-order valence-corrected chi connectivity index (χ2v) is 6.41. The number of carbonyl (C=O) groups excluding carboxylic acids is 2. The lowest BCUT2D eigenvalue weighted by Gasteiger charge is -2.16. The molecule has 1 fully saturated rings. The molecule has 3 aromatic rings. The van der Waals surface area contributed by atoms with Gasteiger partial charge in [0.1, 0.15) is 5.82 Å². The Morgan fingerprint density at radius 3 is 2.85 bits per heavy atom. The molecule has 0 saturated carbocycles. The van der Waals surface area contributed by atoms with E-state index in [2.05, 4.69) is 20.4 Å². The van der Waals surface area contributed by atoms with E-state index in [0.717, 1.165) is 29.0 Å². The van der Waals surface area contributed by atoms with Crippen LogP contribution in [0, 0.1) is 0 Å². The summed E-state index contributed by atoms with van der Waals surface area (Å²) in [6, 6.07) is 11.4. The van der Waals surface area contributed by atoms with Crippen LogP contribution in [0.1, 0.15) is 11.3 Å². The van der Waals surface area contributed by atoms with Gasteiger partial charge >= 0.3 is 6.09 Å². The van der Waals surface area contributed by atoms with Crippen LogP contribution in [0.5, 0.6) is 0 Å². The van der Waals surface area contributed by atoms with Gasteiger partial charge in [-0.2, -0.15) is 0 Å². The Bertz CT molecular complexity index is 986. The number of benzene rings is 1. The standard InChI is InChI=1S/C19H18N4O4/c1-23(17-4-2-3-8-20-17)9-7-14-13-6-5-12(10-15(13)27-22-14)11-16-18(24)21-19(25)26-16/h2-6,8,10,16H,7,9,11H2,1H3,(H,21,24,25). The Labute approximate surface area is 155 Å². The minimum atomic E-state index is -0.802. The third kappa shape index (κ3) is 3.59. The van der Waals surface area contributed by atoms with Crippen molar-refractivity contribution in [3.8, 4) is 0 Å². The first kappa shape index (κ1) is 17.0. The van der Waals surface area contributed by atoms with Crippen LogP contribution < -0.4 is 10.2 Å². The Balaban J connectivity index is 1.44. The van der Waals surface area contributed by atoms with Crippen LogP contribution in [0.2, 0.25) is 0 Å². The van der Waals surface area contributed by atoms with Crippen molar-refractivity contribution in [3.63, 3.8) is 0 Å². The number of fused-ring (bicyclic) bond motifs is 1. The fourth-order valence-corrected chi connectivity index (χ4v) is 3.05. The predicted octanol–water partition coefficient (Wildman–Crippen LogP) is 2.08. The Morgan fingerprint density at radius 1 is 1.22 bits per heavy atom. The third-order valence-corrected chi connectivity index (χ3v) is 4.52. The van der Waals surface area contributed by atoms with Crippen LogP contribution in [0.3, 0.4) is 0 Å². The maximum Gasteiger partial charge on any atom is 0.414 e. The lowest BCUT2D eigenvalue weighted by Crippen LogP contribution is -2.25. The topological polar surface area (TPSA) is 97.6 Å². The normalized spacial score (nSPS) is 16.4. The van der Waals surface area contributed by atoms with Crippen molar-refractivity contribution in [2.45, 2.75) is 18.9 Å². The molecule has 3 heterocycles. The van der Waals surface area contributed by atoms with Gasteiger partial charge in [0.05, 0.1) is 5.69 Å². The van der Waals surface area contributed by atoms with Gasteiger partial charge in [-0.25, -0.2) is 9.78 Å². The first-order valence-corrected chi connectivity index (χ1v) is 8.61. The highest BCUT2D eigenvalue weighted by atomic mass is 16.6. The molecule has 4 rings (SSSR count). The first-order valence-electron chi connectivity index (χ1n) is 8.61. The maximum absolute atomic E-state index is 11.6. The van der Waals surface area contributed by atoms with Gasteiger partial charge in [0, 0.05) is 38.0 Å². The number of imide groups is 1. The van der Waals surface area contributed by atoms with E-state index in [0.29, 0.717) is 18.4 Å². The largest absolute Gasteiger partial charge is 0.435 e. The number of hydrogen-bond acceptors (Lipinski definition) is 7. The summed E-state index contributed by atoms with van der Waals surface area (Å²) >= 11 is 0. The summed E-state index contributed by atoms with van der Waals surface area (Å²) in [5.41, 5.74) is 2.35. The molecule has 0 spiro atoms. The average molecular weight is 366 g/mol. The van der Waals surface area contributed by atoms with Crippen LogP contribution >= 0.6 is 0 Å². The SMILES string of the molecule is CN(CCc1noc2cc(CC3OC(=O)NC3=O)ccc12)c1ccccn1. The summed E-state index contributed by atoms with van der Waals surface area (Å²) in [6.45, 7) is 0.749. The minimum absolute atomic E-state index is 0.298. The van der Waals surface area contributed by atoms with E-state index in [-0.39, 0.29) is 0 Å². The highest BCUT2D eigenvalue weighted by Crippen LogP contribution is 2.22. The van der Waals surface area contributed by atoms with Gasteiger partial charge < -0.3 is 14.2 Å². The van der Waals surface area contributed by atoms with Gasteiger partial charge in [0.15, 0.2) is 11.7 Å². The van der Waals surface area contributed by atoms with E-state index >= 15 is 0 Å². The third-order valence-electron chi connectivity index (χ3n) is 4.52. The number of aromatic nitrogens is 2. The van der Waals surface area contributed by atoms with E-state index in [1.165, 1.54) is 0 Å². The summed E-state index contributed by atoms with van der Waals surface area (Å²) in [6.07, 6.45) is 1.27. The Kier molecular flexibility index (Phi) is 4.45. The van der Waals surface area contributed by atoms with Gasteiger partial charge in [0.2, 0.25) is 0 Å². The summed E-state index contributed by atoms with van der Waals surface area (Å²) in [5.74, 6) is 0.480. The van der Waals surface area contributed by atoms with Crippen LogP contribution in [0.4, 0.5) is 10.6 Å². The monoisotopic (exact) mass is 366 g/mol. The number of alkyl carbamates (subject to hydrolysis) is 1. The summed E-state index contributed by atoms with van der Waals surface area (Å²) < 4.78 is 10.4. The molecule has 2 amide bonds. The Hall–Kier alpha value is -3.42. The lowest BCUT2D eigenvalue weighted by molar-refractivity contribution is -0.123. The number of nitrogens with one attached hydrogen (secondary N) is 1.